The minimum absolute atomic E-state index is 0.0539. The lowest BCUT2D eigenvalue weighted by Crippen LogP contribution is -2.35. The van der Waals surface area contributed by atoms with Gasteiger partial charge in [0.05, 0.1) is 11.5 Å². The fourth-order valence-electron chi connectivity index (χ4n) is 1.53. The monoisotopic (exact) mass is 252 g/mol. The highest BCUT2D eigenvalue weighted by Gasteiger charge is 2.17. The first-order valence-corrected chi connectivity index (χ1v) is 5.68. The number of nitro groups is 1. The Labute approximate surface area is 105 Å². The third-order valence-electron chi connectivity index (χ3n) is 2.58. The van der Waals surface area contributed by atoms with Gasteiger partial charge in [0.2, 0.25) is 0 Å². The first-order chi connectivity index (χ1) is 8.49. The number of aliphatic hydroxyl groups is 1. The molecule has 6 nitrogen and oxygen atoms in total. The molecule has 0 aromatic heterocycles. The van der Waals surface area contributed by atoms with E-state index in [1.165, 1.54) is 6.07 Å². The topological polar surface area (TPSA) is 92.5 Å². The van der Waals surface area contributed by atoms with Crippen LogP contribution in [0.3, 0.4) is 0 Å². The van der Waals surface area contributed by atoms with Crippen LogP contribution in [0.2, 0.25) is 0 Å². The molecule has 98 valence electrons. The Morgan fingerprint density at radius 2 is 2.22 bits per heavy atom. The van der Waals surface area contributed by atoms with Gasteiger partial charge in [0, 0.05) is 23.2 Å². The molecule has 1 aromatic carbocycles. The minimum Gasteiger partial charge on any atom is -0.394 e. The number of hydrogen-bond donors (Lipinski definition) is 2. The summed E-state index contributed by atoms with van der Waals surface area (Å²) in [5, 5.41) is 22.2. The molecule has 0 aliphatic rings. The highest BCUT2D eigenvalue weighted by molar-refractivity contribution is 5.95. The molecular formula is C12H16N2O4. The van der Waals surface area contributed by atoms with Crippen molar-refractivity contribution >= 4 is 11.6 Å². The van der Waals surface area contributed by atoms with Crippen LogP contribution in [-0.4, -0.2) is 28.6 Å². The van der Waals surface area contributed by atoms with Crippen LogP contribution in [0.4, 0.5) is 5.69 Å². The lowest BCUT2D eigenvalue weighted by atomic mass is 10.1. The number of benzene rings is 1. The van der Waals surface area contributed by atoms with Crippen LogP contribution in [-0.2, 0) is 6.42 Å². The molecule has 0 saturated heterocycles. The number of nitrogens with one attached hydrogen (secondary N) is 1. The van der Waals surface area contributed by atoms with E-state index in [0.29, 0.717) is 12.0 Å². The van der Waals surface area contributed by atoms with Gasteiger partial charge in [0.15, 0.2) is 0 Å². The molecule has 1 atom stereocenters. The summed E-state index contributed by atoms with van der Waals surface area (Å²) in [4.78, 5) is 22.1. The second-order valence-corrected chi connectivity index (χ2v) is 4.01. The highest BCUT2D eigenvalue weighted by atomic mass is 16.6. The largest absolute Gasteiger partial charge is 0.394 e. The summed E-state index contributed by atoms with van der Waals surface area (Å²) in [7, 11) is 0. The highest BCUT2D eigenvalue weighted by Crippen LogP contribution is 2.20. The Morgan fingerprint density at radius 3 is 2.72 bits per heavy atom. The fraction of sp³-hybridized carbons (Fsp3) is 0.417. The van der Waals surface area contributed by atoms with Crippen LogP contribution in [0.5, 0.6) is 0 Å². The molecule has 0 saturated carbocycles. The quantitative estimate of drug-likeness (QED) is 0.609. The molecule has 0 radical (unpaired) electrons. The van der Waals surface area contributed by atoms with Crippen molar-refractivity contribution in [2.75, 3.05) is 6.61 Å². The van der Waals surface area contributed by atoms with E-state index in [1.54, 1.807) is 19.1 Å². The normalized spacial score (nSPS) is 11.9. The number of aryl methyl sites for hydroxylation is 1. The molecular weight excluding hydrogens is 236 g/mol. The number of nitrogens with zero attached hydrogens (tertiary/aromatic N) is 1. The summed E-state index contributed by atoms with van der Waals surface area (Å²) in [6, 6.07) is 4.00. The van der Waals surface area contributed by atoms with Gasteiger partial charge in [-0.2, -0.15) is 0 Å². The second-order valence-electron chi connectivity index (χ2n) is 4.01. The van der Waals surface area contributed by atoms with Crippen LogP contribution >= 0.6 is 0 Å². The molecule has 0 heterocycles. The van der Waals surface area contributed by atoms with Crippen molar-refractivity contribution in [1.29, 1.82) is 0 Å². The lowest BCUT2D eigenvalue weighted by molar-refractivity contribution is -0.385. The van der Waals surface area contributed by atoms with E-state index in [2.05, 4.69) is 5.32 Å². The van der Waals surface area contributed by atoms with Crippen molar-refractivity contribution in [2.24, 2.45) is 0 Å². The summed E-state index contributed by atoms with van der Waals surface area (Å²) in [5.41, 5.74) is 0.757. The molecule has 1 amide bonds. The van der Waals surface area contributed by atoms with Crippen molar-refractivity contribution in [3.8, 4) is 0 Å². The molecule has 6 heteroatoms. The van der Waals surface area contributed by atoms with Gasteiger partial charge in [-0.05, 0) is 19.4 Å². The number of amides is 1. The van der Waals surface area contributed by atoms with Crippen LogP contribution in [0, 0.1) is 10.1 Å². The third-order valence-corrected chi connectivity index (χ3v) is 2.58. The Bertz CT molecular complexity index is 459. The van der Waals surface area contributed by atoms with E-state index in [-0.39, 0.29) is 23.9 Å². The van der Waals surface area contributed by atoms with Gasteiger partial charge in [-0.25, -0.2) is 0 Å². The summed E-state index contributed by atoms with van der Waals surface area (Å²) in [6.07, 6.45) is 0.533. The van der Waals surface area contributed by atoms with Gasteiger partial charge in [0.1, 0.15) is 0 Å². The number of nitro benzene ring substituents is 1. The molecule has 1 aromatic rings. The predicted octanol–water partition coefficient (Wildman–Crippen LogP) is 1.27. The minimum atomic E-state index is -0.495. The molecule has 0 aliphatic carbocycles. The molecule has 1 unspecified atom stereocenters. The van der Waals surface area contributed by atoms with Crippen molar-refractivity contribution in [1.82, 2.24) is 5.32 Å². The molecule has 0 spiro atoms. The lowest BCUT2D eigenvalue weighted by Gasteiger charge is -2.11. The summed E-state index contributed by atoms with van der Waals surface area (Å²) < 4.78 is 0. The number of carbonyl (C=O) groups excluding carboxylic acids is 1. The Hall–Kier alpha value is -1.95. The van der Waals surface area contributed by atoms with Crippen LogP contribution in [0.25, 0.3) is 0 Å². The number of aliphatic hydroxyl groups excluding tert-OH is 1. The maximum absolute atomic E-state index is 11.7. The average Bonchev–Trinajstić information content (AvgIpc) is 2.37. The van der Waals surface area contributed by atoms with Crippen molar-refractivity contribution in [3.63, 3.8) is 0 Å². The molecule has 18 heavy (non-hydrogen) atoms. The first kappa shape index (κ1) is 14.1. The van der Waals surface area contributed by atoms with Gasteiger partial charge in [-0.1, -0.05) is 13.0 Å². The predicted molar refractivity (Wildman–Crippen MR) is 66.5 cm³/mol. The van der Waals surface area contributed by atoms with E-state index < -0.39 is 10.8 Å². The van der Waals surface area contributed by atoms with Gasteiger partial charge in [-0.3, -0.25) is 14.9 Å². The Kier molecular flexibility index (Phi) is 4.79. The van der Waals surface area contributed by atoms with Crippen LogP contribution in [0.1, 0.15) is 29.8 Å². The number of rotatable bonds is 5. The number of hydrogen-bond acceptors (Lipinski definition) is 4. The fourth-order valence-corrected chi connectivity index (χ4v) is 1.53. The Balaban J connectivity index is 3.01. The standard InChI is InChI=1S/C12H16N2O4/c1-3-9-4-5-10(6-11(9)14(17)18)12(16)13-8(2)7-15/h4-6,8,15H,3,7H2,1-2H3,(H,13,16). The van der Waals surface area contributed by atoms with Gasteiger partial charge >= 0.3 is 0 Å². The van der Waals surface area contributed by atoms with Gasteiger partial charge in [-0.15, -0.1) is 0 Å². The summed E-state index contributed by atoms with van der Waals surface area (Å²) in [5.74, 6) is -0.428. The van der Waals surface area contributed by atoms with E-state index in [4.69, 9.17) is 5.11 Å². The van der Waals surface area contributed by atoms with Crippen LogP contribution in [0.15, 0.2) is 18.2 Å². The third kappa shape index (κ3) is 3.27. The molecule has 0 fully saturated rings. The summed E-state index contributed by atoms with van der Waals surface area (Å²) >= 11 is 0. The maximum Gasteiger partial charge on any atom is 0.273 e. The van der Waals surface area contributed by atoms with Gasteiger partial charge < -0.3 is 10.4 Å². The smallest absolute Gasteiger partial charge is 0.273 e. The van der Waals surface area contributed by atoms with Gasteiger partial charge in [0.25, 0.3) is 11.6 Å². The van der Waals surface area contributed by atoms with E-state index >= 15 is 0 Å². The Morgan fingerprint density at radius 1 is 1.56 bits per heavy atom. The second kappa shape index (κ2) is 6.11. The van der Waals surface area contributed by atoms with E-state index in [9.17, 15) is 14.9 Å². The molecule has 0 aliphatic heterocycles. The number of carbonyl (C=O) groups is 1. The van der Waals surface area contributed by atoms with E-state index in [0.717, 1.165) is 0 Å². The zero-order valence-corrected chi connectivity index (χ0v) is 10.3. The molecule has 2 N–H and O–H groups in total. The zero-order valence-electron chi connectivity index (χ0n) is 10.3. The average molecular weight is 252 g/mol. The van der Waals surface area contributed by atoms with Crippen molar-refractivity contribution in [2.45, 2.75) is 26.3 Å². The summed E-state index contributed by atoms with van der Waals surface area (Å²) in [6.45, 7) is 3.28. The SMILES string of the molecule is CCc1ccc(C(=O)NC(C)CO)cc1[N+](=O)[O-]. The molecule has 0 bridgehead atoms. The molecule has 1 rings (SSSR count). The maximum atomic E-state index is 11.7. The van der Waals surface area contributed by atoms with Crippen LogP contribution < -0.4 is 5.32 Å². The zero-order chi connectivity index (χ0) is 13.7. The first-order valence-electron chi connectivity index (χ1n) is 5.68. The van der Waals surface area contributed by atoms with E-state index in [1.807, 2.05) is 6.92 Å². The van der Waals surface area contributed by atoms with Crippen molar-refractivity contribution < 1.29 is 14.8 Å². The van der Waals surface area contributed by atoms with Crippen molar-refractivity contribution in [3.05, 3.63) is 39.4 Å².